The lowest BCUT2D eigenvalue weighted by molar-refractivity contribution is -0.144. The topological polar surface area (TPSA) is 61.9 Å². The average Bonchev–Trinajstić information content (AvgIpc) is 3.18. The number of carbonyl (C=O) groups is 2. The molecular formula is C24H29N3O3S. The average molecular weight is 440 g/mol. The molecule has 1 N–H and O–H groups in total. The zero-order valence-corrected chi connectivity index (χ0v) is 18.9. The molecule has 0 spiro atoms. The Kier molecular flexibility index (Phi) is 6.95. The fourth-order valence-corrected chi connectivity index (χ4v) is 5.95. The van der Waals surface area contributed by atoms with Crippen molar-refractivity contribution in [2.75, 3.05) is 33.3 Å². The van der Waals surface area contributed by atoms with Crippen LogP contribution in [0.25, 0.3) is 0 Å². The molecule has 2 atom stereocenters. The molecule has 0 saturated carbocycles. The van der Waals surface area contributed by atoms with E-state index in [2.05, 4.69) is 16.3 Å². The maximum atomic E-state index is 12.9. The number of benzene rings is 2. The summed E-state index contributed by atoms with van der Waals surface area (Å²) in [6.07, 6.45) is 0. The van der Waals surface area contributed by atoms with Gasteiger partial charge in [-0.2, -0.15) is 0 Å². The monoisotopic (exact) mass is 439 g/mol. The molecule has 2 aromatic carbocycles. The van der Waals surface area contributed by atoms with Gasteiger partial charge in [-0.25, -0.2) is 0 Å². The molecule has 0 aliphatic carbocycles. The molecule has 2 aliphatic heterocycles. The highest BCUT2D eigenvalue weighted by Crippen LogP contribution is 2.49. The molecule has 2 aromatic rings. The summed E-state index contributed by atoms with van der Waals surface area (Å²) in [7, 11) is 1.42. The molecule has 1 fully saturated rings. The number of amides is 1. The highest BCUT2D eigenvalue weighted by atomic mass is 32.2. The largest absolute Gasteiger partial charge is 0.468 e. The van der Waals surface area contributed by atoms with Gasteiger partial charge < -0.3 is 15.0 Å². The van der Waals surface area contributed by atoms with Crippen molar-refractivity contribution in [3.05, 3.63) is 65.2 Å². The number of esters is 1. The van der Waals surface area contributed by atoms with Crippen molar-refractivity contribution in [3.63, 3.8) is 0 Å². The van der Waals surface area contributed by atoms with Gasteiger partial charge in [-0.1, -0.05) is 60.3 Å². The van der Waals surface area contributed by atoms with E-state index < -0.39 is 5.92 Å². The second-order valence-electron chi connectivity index (χ2n) is 8.00. The predicted molar refractivity (Wildman–Crippen MR) is 122 cm³/mol. The molecule has 2 heterocycles. The van der Waals surface area contributed by atoms with Gasteiger partial charge in [0.2, 0.25) is 5.91 Å². The second kappa shape index (κ2) is 9.85. The van der Waals surface area contributed by atoms with Crippen molar-refractivity contribution in [2.45, 2.75) is 36.2 Å². The number of hydrogen-bond donors (Lipinski definition) is 1. The number of nitrogens with one attached hydrogen (secondary N) is 1. The fraction of sp³-hybridized carbons (Fsp3) is 0.417. The number of ether oxygens (including phenoxy) is 1. The van der Waals surface area contributed by atoms with Gasteiger partial charge in [-0.3, -0.25) is 14.5 Å². The second-order valence-corrected chi connectivity index (χ2v) is 9.13. The van der Waals surface area contributed by atoms with Crippen molar-refractivity contribution in [1.29, 1.82) is 0 Å². The first kappa shape index (κ1) is 21.9. The van der Waals surface area contributed by atoms with Crippen LogP contribution < -0.4 is 5.32 Å². The molecule has 6 nitrogen and oxygen atoms in total. The number of carbonyl (C=O) groups excluding carboxylic acids is 2. The van der Waals surface area contributed by atoms with Crippen LogP contribution in [0.15, 0.2) is 53.4 Å². The minimum Gasteiger partial charge on any atom is -0.468 e. The molecule has 164 valence electrons. The number of thioether (sulfide) groups is 1. The van der Waals surface area contributed by atoms with Crippen LogP contribution in [0.5, 0.6) is 0 Å². The van der Waals surface area contributed by atoms with Crippen LogP contribution in [0, 0.1) is 0 Å². The SMILES string of the molecule is COC(=O)C1c2cccc(CN3CCNCC3)c2SC1N(Cc1ccccc1)C(C)=O. The van der Waals surface area contributed by atoms with E-state index in [4.69, 9.17) is 4.74 Å². The number of nitrogens with zero attached hydrogens (tertiary/aromatic N) is 2. The molecule has 4 rings (SSSR count). The Labute approximate surface area is 187 Å². The molecule has 31 heavy (non-hydrogen) atoms. The highest BCUT2D eigenvalue weighted by molar-refractivity contribution is 8.00. The first-order chi connectivity index (χ1) is 15.1. The van der Waals surface area contributed by atoms with Crippen LogP contribution in [0.1, 0.15) is 29.5 Å². The van der Waals surface area contributed by atoms with E-state index in [-0.39, 0.29) is 17.3 Å². The summed E-state index contributed by atoms with van der Waals surface area (Å²) < 4.78 is 5.18. The van der Waals surface area contributed by atoms with Gasteiger partial charge in [-0.15, -0.1) is 0 Å². The Morgan fingerprint density at radius 1 is 1.13 bits per heavy atom. The minimum atomic E-state index is -0.499. The first-order valence-corrected chi connectivity index (χ1v) is 11.6. The van der Waals surface area contributed by atoms with Gasteiger partial charge in [0.1, 0.15) is 11.3 Å². The van der Waals surface area contributed by atoms with Gasteiger partial charge in [-0.05, 0) is 16.7 Å². The molecule has 1 amide bonds. The van der Waals surface area contributed by atoms with Crippen molar-refractivity contribution >= 4 is 23.6 Å². The lowest BCUT2D eigenvalue weighted by Crippen LogP contribution is -2.42. The quantitative estimate of drug-likeness (QED) is 0.699. The molecule has 2 unspecified atom stereocenters. The van der Waals surface area contributed by atoms with E-state index in [1.165, 1.54) is 12.7 Å². The summed E-state index contributed by atoms with van der Waals surface area (Å²) >= 11 is 1.62. The summed E-state index contributed by atoms with van der Waals surface area (Å²) in [6, 6.07) is 16.1. The predicted octanol–water partition coefficient (Wildman–Crippen LogP) is 2.83. The van der Waals surface area contributed by atoms with Crippen LogP contribution in [0.4, 0.5) is 0 Å². The van der Waals surface area contributed by atoms with Crippen LogP contribution in [-0.4, -0.2) is 60.3 Å². The summed E-state index contributed by atoms with van der Waals surface area (Å²) in [5, 5.41) is 3.06. The Bertz CT molecular complexity index is 931. The smallest absolute Gasteiger partial charge is 0.316 e. The van der Waals surface area contributed by atoms with Crippen molar-refractivity contribution in [1.82, 2.24) is 15.1 Å². The Morgan fingerprint density at radius 2 is 1.87 bits per heavy atom. The number of methoxy groups -OCH3 is 1. The molecule has 0 aromatic heterocycles. The third-order valence-corrected chi connectivity index (χ3v) is 7.45. The van der Waals surface area contributed by atoms with E-state index in [9.17, 15) is 9.59 Å². The molecular weight excluding hydrogens is 410 g/mol. The molecule has 0 radical (unpaired) electrons. The third kappa shape index (κ3) is 4.79. The maximum absolute atomic E-state index is 12.9. The Balaban J connectivity index is 1.66. The lowest BCUT2D eigenvalue weighted by atomic mass is 9.96. The minimum absolute atomic E-state index is 0.0493. The van der Waals surface area contributed by atoms with Crippen LogP contribution >= 0.6 is 11.8 Å². The van der Waals surface area contributed by atoms with Crippen molar-refractivity contribution in [2.24, 2.45) is 0 Å². The van der Waals surface area contributed by atoms with Gasteiger partial charge in [0.25, 0.3) is 0 Å². The Hall–Kier alpha value is -2.35. The van der Waals surface area contributed by atoms with E-state index in [0.29, 0.717) is 6.54 Å². The lowest BCUT2D eigenvalue weighted by Gasteiger charge is -2.31. The zero-order valence-electron chi connectivity index (χ0n) is 18.0. The van der Waals surface area contributed by atoms with Crippen LogP contribution in [-0.2, 0) is 27.4 Å². The highest BCUT2D eigenvalue weighted by Gasteiger charge is 2.44. The van der Waals surface area contributed by atoms with E-state index in [1.807, 2.05) is 42.5 Å². The maximum Gasteiger partial charge on any atom is 0.316 e. The number of hydrogen-bond acceptors (Lipinski definition) is 6. The normalized spacial score (nSPS) is 20.8. The molecule has 2 aliphatic rings. The van der Waals surface area contributed by atoms with Crippen molar-refractivity contribution < 1.29 is 14.3 Å². The number of fused-ring (bicyclic) bond motifs is 1. The zero-order chi connectivity index (χ0) is 21.8. The Morgan fingerprint density at radius 3 is 2.55 bits per heavy atom. The van der Waals surface area contributed by atoms with E-state index in [1.54, 1.807) is 23.6 Å². The molecule has 7 heteroatoms. The van der Waals surface area contributed by atoms with Crippen LogP contribution in [0.3, 0.4) is 0 Å². The van der Waals surface area contributed by atoms with Gasteiger partial charge >= 0.3 is 5.97 Å². The van der Waals surface area contributed by atoms with Gasteiger partial charge in [0.15, 0.2) is 0 Å². The summed E-state index contributed by atoms with van der Waals surface area (Å²) in [4.78, 5) is 30.9. The van der Waals surface area contributed by atoms with Crippen LogP contribution in [0.2, 0.25) is 0 Å². The molecule has 0 bridgehead atoms. The van der Waals surface area contributed by atoms with E-state index >= 15 is 0 Å². The summed E-state index contributed by atoms with van der Waals surface area (Å²) in [5.74, 6) is -0.845. The third-order valence-electron chi connectivity index (χ3n) is 5.95. The first-order valence-electron chi connectivity index (χ1n) is 10.7. The summed E-state index contributed by atoms with van der Waals surface area (Å²) in [6.45, 7) is 6.87. The van der Waals surface area contributed by atoms with E-state index in [0.717, 1.165) is 48.7 Å². The van der Waals surface area contributed by atoms with Gasteiger partial charge in [0, 0.05) is 51.1 Å². The number of rotatable bonds is 6. The van der Waals surface area contributed by atoms with Crippen molar-refractivity contribution in [3.8, 4) is 0 Å². The van der Waals surface area contributed by atoms with Gasteiger partial charge in [0.05, 0.1) is 7.11 Å². The number of piperazine rings is 1. The summed E-state index contributed by atoms with van der Waals surface area (Å²) in [5.41, 5.74) is 3.22. The fourth-order valence-electron chi connectivity index (χ4n) is 4.34. The standard InChI is InChI=1S/C24H29N3O3S/c1-17(28)27(15-18-7-4-3-5-8-18)23-21(24(29)30-2)20-10-6-9-19(22(20)31-23)16-26-13-11-25-12-14-26/h3-10,21,23,25H,11-16H2,1-2H3. The molecule has 1 saturated heterocycles.